The predicted molar refractivity (Wildman–Crippen MR) is 68.8 cm³/mol. The first kappa shape index (κ1) is 13.9. The zero-order chi connectivity index (χ0) is 12.0. The Morgan fingerprint density at radius 2 is 1.75 bits per heavy atom. The number of ether oxygens (including phenoxy) is 1. The fraction of sp³-hybridized carbons (Fsp3) is 1.00. The molecule has 0 saturated carbocycles. The van der Waals surface area contributed by atoms with Crippen molar-refractivity contribution in [2.24, 2.45) is 0 Å². The van der Waals surface area contributed by atoms with Crippen LogP contribution in [0.5, 0.6) is 0 Å². The number of hydrogen-bond acceptors (Lipinski definition) is 3. The molecule has 0 unspecified atom stereocenters. The minimum atomic E-state index is 0.386. The van der Waals surface area contributed by atoms with Crippen LogP contribution in [0.3, 0.4) is 0 Å². The van der Waals surface area contributed by atoms with E-state index in [1.54, 1.807) is 0 Å². The minimum absolute atomic E-state index is 0.386. The number of nitrogens with one attached hydrogen (secondary N) is 1. The number of nitrogens with zero attached hydrogens (tertiary/aromatic N) is 1. The molecule has 0 radical (unpaired) electrons. The Morgan fingerprint density at radius 1 is 1.19 bits per heavy atom. The highest BCUT2D eigenvalue weighted by Gasteiger charge is 2.21. The summed E-state index contributed by atoms with van der Waals surface area (Å²) in [6.07, 6.45) is 3.23. The first-order valence-electron chi connectivity index (χ1n) is 6.76. The van der Waals surface area contributed by atoms with Gasteiger partial charge in [0.1, 0.15) is 0 Å². The lowest BCUT2D eigenvalue weighted by molar-refractivity contribution is -0.0675. The maximum Gasteiger partial charge on any atom is 0.0678 e. The molecule has 1 N–H and O–H groups in total. The Kier molecular flexibility index (Phi) is 6.32. The molecule has 1 aliphatic heterocycles. The van der Waals surface area contributed by atoms with Crippen LogP contribution in [-0.2, 0) is 4.74 Å². The van der Waals surface area contributed by atoms with Crippen molar-refractivity contribution in [1.82, 2.24) is 10.2 Å². The summed E-state index contributed by atoms with van der Waals surface area (Å²) in [5.74, 6) is 0. The molecule has 96 valence electrons. The van der Waals surface area contributed by atoms with E-state index in [1.807, 2.05) is 0 Å². The largest absolute Gasteiger partial charge is 0.373 e. The van der Waals surface area contributed by atoms with E-state index in [-0.39, 0.29) is 0 Å². The number of morpholine rings is 1. The van der Waals surface area contributed by atoms with Gasteiger partial charge < -0.3 is 10.1 Å². The van der Waals surface area contributed by atoms with Crippen LogP contribution in [0.1, 0.15) is 40.5 Å². The summed E-state index contributed by atoms with van der Waals surface area (Å²) in [6.45, 7) is 13.2. The Bertz CT molecular complexity index is 173. The van der Waals surface area contributed by atoms with Crippen molar-refractivity contribution in [1.29, 1.82) is 0 Å². The molecule has 0 amide bonds. The first-order valence-corrected chi connectivity index (χ1v) is 6.76. The van der Waals surface area contributed by atoms with Crippen molar-refractivity contribution in [3.8, 4) is 0 Å². The Labute approximate surface area is 101 Å². The van der Waals surface area contributed by atoms with Crippen molar-refractivity contribution in [2.75, 3.05) is 26.2 Å². The van der Waals surface area contributed by atoms with Gasteiger partial charge in [0.2, 0.25) is 0 Å². The summed E-state index contributed by atoms with van der Waals surface area (Å²) in [7, 11) is 0. The van der Waals surface area contributed by atoms with E-state index in [2.05, 4.69) is 37.9 Å². The maximum atomic E-state index is 5.72. The van der Waals surface area contributed by atoms with Gasteiger partial charge in [-0.05, 0) is 26.7 Å². The molecule has 16 heavy (non-hydrogen) atoms. The molecule has 1 aliphatic rings. The Hall–Kier alpha value is -0.120. The molecule has 0 aromatic heterocycles. The molecule has 0 aromatic rings. The van der Waals surface area contributed by atoms with Crippen molar-refractivity contribution in [2.45, 2.75) is 58.8 Å². The fourth-order valence-electron chi connectivity index (χ4n) is 2.47. The summed E-state index contributed by atoms with van der Waals surface area (Å²) < 4.78 is 5.72. The summed E-state index contributed by atoms with van der Waals surface area (Å²) in [5, 5.41) is 3.61. The van der Waals surface area contributed by atoms with Crippen LogP contribution in [0.2, 0.25) is 0 Å². The molecule has 0 spiro atoms. The summed E-state index contributed by atoms with van der Waals surface area (Å²) >= 11 is 0. The topological polar surface area (TPSA) is 24.5 Å². The quantitative estimate of drug-likeness (QED) is 0.751. The third-order valence-corrected chi connectivity index (χ3v) is 3.34. The second-order valence-electron chi connectivity index (χ2n) is 4.98. The summed E-state index contributed by atoms with van der Waals surface area (Å²) in [4.78, 5) is 2.51. The van der Waals surface area contributed by atoms with E-state index in [0.29, 0.717) is 18.2 Å². The Morgan fingerprint density at radius 3 is 2.25 bits per heavy atom. The lowest BCUT2D eigenvalue weighted by atomic mass is 10.2. The lowest BCUT2D eigenvalue weighted by Gasteiger charge is -2.35. The molecule has 2 atom stereocenters. The third kappa shape index (κ3) is 4.81. The van der Waals surface area contributed by atoms with Crippen molar-refractivity contribution >= 4 is 0 Å². The van der Waals surface area contributed by atoms with Crippen LogP contribution in [0.4, 0.5) is 0 Å². The van der Waals surface area contributed by atoms with E-state index in [0.717, 1.165) is 26.2 Å². The van der Waals surface area contributed by atoms with Crippen molar-refractivity contribution in [3.63, 3.8) is 0 Å². The van der Waals surface area contributed by atoms with Crippen LogP contribution in [0.25, 0.3) is 0 Å². The van der Waals surface area contributed by atoms with Gasteiger partial charge in [-0.1, -0.05) is 13.8 Å². The summed E-state index contributed by atoms with van der Waals surface area (Å²) in [5.41, 5.74) is 0. The van der Waals surface area contributed by atoms with Crippen molar-refractivity contribution < 1.29 is 4.74 Å². The highest BCUT2D eigenvalue weighted by atomic mass is 16.5. The molecule has 3 heteroatoms. The second kappa shape index (κ2) is 7.25. The van der Waals surface area contributed by atoms with Crippen LogP contribution in [0.15, 0.2) is 0 Å². The standard InChI is InChI=1S/C13H28N2O/c1-5-13(6-2)14-7-8-15-9-11(3)16-12(4)10-15/h11-14H,5-10H2,1-4H3/t11-,12+. The maximum absolute atomic E-state index is 5.72. The van der Waals surface area contributed by atoms with Crippen LogP contribution < -0.4 is 5.32 Å². The molecule has 1 heterocycles. The number of hydrogen-bond donors (Lipinski definition) is 1. The van der Waals surface area contributed by atoms with E-state index in [9.17, 15) is 0 Å². The molecule has 0 aromatic carbocycles. The minimum Gasteiger partial charge on any atom is -0.373 e. The van der Waals surface area contributed by atoms with Gasteiger partial charge in [-0.3, -0.25) is 4.90 Å². The number of rotatable bonds is 6. The smallest absolute Gasteiger partial charge is 0.0678 e. The van der Waals surface area contributed by atoms with Gasteiger partial charge in [0, 0.05) is 32.2 Å². The van der Waals surface area contributed by atoms with Crippen LogP contribution in [0, 0.1) is 0 Å². The first-order chi connectivity index (χ1) is 7.65. The van der Waals surface area contributed by atoms with Gasteiger partial charge in [0.05, 0.1) is 12.2 Å². The van der Waals surface area contributed by atoms with Gasteiger partial charge in [-0.2, -0.15) is 0 Å². The molecule has 1 rings (SSSR count). The SMILES string of the molecule is CCC(CC)NCCN1C[C@@H](C)O[C@@H](C)C1. The van der Waals surface area contributed by atoms with E-state index in [4.69, 9.17) is 4.74 Å². The average molecular weight is 228 g/mol. The van der Waals surface area contributed by atoms with Crippen LogP contribution in [-0.4, -0.2) is 49.3 Å². The molecule has 3 nitrogen and oxygen atoms in total. The molecule has 1 fully saturated rings. The van der Waals surface area contributed by atoms with E-state index < -0.39 is 0 Å². The predicted octanol–water partition coefficient (Wildman–Crippen LogP) is 1.87. The van der Waals surface area contributed by atoms with Crippen LogP contribution >= 0.6 is 0 Å². The third-order valence-electron chi connectivity index (χ3n) is 3.34. The van der Waals surface area contributed by atoms with Gasteiger partial charge in [-0.25, -0.2) is 0 Å². The van der Waals surface area contributed by atoms with Gasteiger partial charge in [0.15, 0.2) is 0 Å². The Balaban J connectivity index is 2.16. The highest BCUT2D eigenvalue weighted by molar-refractivity contribution is 4.74. The van der Waals surface area contributed by atoms with E-state index in [1.165, 1.54) is 12.8 Å². The zero-order valence-electron chi connectivity index (χ0n) is 11.3. The van der Waals surface area contributed by atoms with Gasteiger partial charge in [-0.15, -0.1) is 0 Å². The lowest BCUT2D eigenvalue weighted by Crippen LogP contribution is -2.48. The molecular formula is C13H28N2O. The molecular weight excluding hydrogens is 200 g/mol. The zero-order valence-corrected chi connectivity index (χ0v) is 11.3. The highest BCUT2D eigenvalue weighted by Crippen LogP contribution is 2.09. The normalized spacial score (nSPS) is 27.6. The van der Waals surface area contributed by atoms with Crippen molar-refractivity contribution in [3.05, 3.63) is 0 Å². The fourth-order valence-corrected chi connectivity index (χ4v) is 2.47. The molecule has 1 saturated heterocycles. The second-order valence-corrected chi connectivity index (χ2v) is 4.98. The monoisotopic (exact) mass is 228 g/mol. The molecule has 0 bridgehead atoms. The van der Waals surface area contributed by atoms with Gasteiger partial charge >= 0.3 is 0 Å². The average Bonchev–Trinajstić information content (AvgIpc) is 2.23. The van der Waals surface area contributed by atoms with Gasteiger partial charge in [0.25, 0.3) is 0 Å². The van der Waals surface area contributed by atoms with E-state index >= 15 is 0 Å². The summed E-state index contributed by atoms with van der Waals surface area (Å²) in [6, 6.07) is 0.691. The molecule has 0 aliphatic carbocycles.